The Balaban J connectivity index is 1.15. The predicted molar refractivity (Wildman–Crippen MR) is 113 cm³/mol. The molecule has 4 saturated carbocycles. The summed E-state index contributed by atoms with van der Waals surface area (Å²) in [4.78, 5) is 1.41. The Bertz CT molecular complexity index is 657. The van der Waals surface area contributed by atoms with Gasteiger partial charge in [-0.1, -0.05) is 12.1 Å². The molecule has 1 aromatic carbocycles. The lowest BCUT2D eigenvalue weighted by molar-refractivity contribution is -0.918. The van der Waals surface area contributed by atoms with E-state index in [9.17, 15) is 5.11 Å². The van der Waals surface area contributed by atoms with Crippen molar-refractivity contribution in [2.24, 2.45) is 17.8 Å². The Hall–Kier alpha value is -1.10. The Kier molecular flexibility index (Phi) is 5.38. The third-order valence-electron chi connectivity index (χ3n) is 8.09. The Morgan fingerprint density at radius 1 is 1.00 bits per heavy atom. The summed E-state index contributed by atoms with van der Waals surface area (Å²) >= 11 is 0. The average Bonchev–Trinajstić information content (AvgIpc) is 2.65. The van der Waals surface area contributed by atoms with Crippen LogP contribution < -0.4 is 9.64 Å². The van der Waals surface area contributed by atoms with Crippen molar-refractivity contribution in [3.63, 3.8) is 0 Å². The van der Waals surface area contributed by atoms with E-state index in [0.29, 0.717) is 12.0 Å². The lowest BCUT2D eigenvalue weighted by Crippen LogP contribution is -3.16. The number of aliphatic hydroxyl groups excluding tert-OH is 1. The van der Waals surface area contributed by atoms with Crippen molar-refractivity contribution in [2.45, 2.75) is 76.1 Å². The normalized spacial score (nSPS) is 42.0. The molecule has 0 amide bonds. The van der Waals surface area contributed by atoms with Crippen LogP contribution in [0.4, 0.5) is 0 Å². The summed E-state index contributed by atoms with van der Waals surface area (Å²) in [5.74, 6) is 3.80. The number of nitrogens with one attached hydrogen (secondary N) is 1. The van der Waals surface area contributed by atoms with Gasteiger partial charge < -0.3 is 19.5 Å². The van der Waals surface area contributed by atoms with Crippen LogP contribution in [0, 0.1) is 17.8 Å². The van der Waals surface area contributed by atoms with E-state index < -0.39 is 6.10 Å². The Morgan fingerprint density at radius 2 is 1.55 bits per heavy atom. The molecule has 2 N–H and O–H groups in total. The minimum absolute atomic E-state index is 0.263. The summed E-state index contributed by atoms with van der Waals surface area (Å²) in [6.45, 7) is 7.24. The summed E-state index contributed by atoms with van der Waals surface area (Å²) in [5.41, 5.74) is 1.98. The van der Waals surface area contributed by atoms with Gasteiger partial charge in [0.05, 0.1) is 0 Å². The number of morpholine rings is 1. The molecule has 4 aliphatic carbocycles. The molecule has 1 aromatic rings. The zero-order chi connectivity index (χ0) is 20.0. The number of ether oxygens (including phenoxy) is 2. The third kappa shape index (κ3) is 4.22. The van der Waals surface area contributed by atoms with Crippen LogP contribution in [-0.4, -0.2) is 49.7 Å². The Labute approximate surface area is 175 Å². The molecule has 0 aromatic heterocycles. The molecule has 29 heavy (non-hydrogen) atoms. The second-order valence-corrected chi connectivity index (χ2v) is 10.8. The summed E-state index contributed by atoms with van der Waals surface area (Å²) in [7, 11) is 0. The first-order valence-electron chi connectivity index (χ1n) is 11.9. The lowest BCUT2D eigenvalue weighted by atomic mass is 9.48. The second-order valence-electron chi connectivity index (χ2n) is 10.8. The van der Waals surface area contributed by atoms with E-state index in [1.165, 1.54) is 49.0 Å². The number of hydrogen-bond donors (Lipinski definition) is 2. The highest BCUT2D eigenvalue weighted by Crippen LogP contribution is 2.60. The van der Waals surface area contributed by atoms with Gasteiger partial charge in [-0.25, -0.2) is 0 Å². The highest BCUT2D eigenvalue weighted by Gasteiger charge is 2.51. The van der Waals surface area contributed by atoms with E-state index in [1.807, 2.05) is 0 Å². The molecule has 0 radical (unpaired) electrons. The fourth-order valence-corrected chi connectivity index (χ4v) is 7.51. The van der Waals surface area contributed by atoms with Crippen molar-refractivity contribution in [1.29, 1.82) is 0 Å². The minimum Gasteiger partial charge on any atom is -0.491 e. The van der Waals surface area contributed by atoms with Crippen molar-refractivity contribution in [3.05, 3.63) is 29.8 Å². The summed E-state index contributed by atoms with van der Waals surface area (Å²) in [6, 6.07) is 8.88. The maximum atomic E-state index is 10.5. The predicted octanol–water partition coefficient (Wildman–Crippen LogP) is 2.59. The first-order chi connectivity index (χ1) is 14.0. The summed E-state index contributed by atoms with van der Waals surface area (Å²) in [5, 5.41) is 10.5. The van der Waals surface area contributed by atoms with Crippen LogP contribution in [0.3, 0.4) is 0 Å². The molecule has 1 heterocycles. The number of benzene rings is 1. The smallest absolute Gasteiger partial charge is 0.137 e. The molecule has 3 atom stereocenters. The van der Waals surface area contributed by atoms with Crippen LogP contribution in [-0.2, 0) is 10.2 Å². The molecule has 6 rings (SSSR count). The SMILES string of the molecule is C[C@H]1C[NH+](C[C@H](O)COc2ccc(C34CC5CC(CC(C5)C3)C4)cc2)C[C@H](C)O1. The molecule has 4 nitrogen and oxygen atoms in total. The van der Waals surface area contributed by atoms with E-state index in [4.69, 9.17) is 9.47 Å². The van der Waals surface area contributed by atoms with Gasteiger partial charge >= 0.3 is 0 Å². The Morgan fingerprint density at radius 3 is 2.10 bits per heavy atom. The largest absolute Gasteiger partial charge is 0.491 e. The van der Waals surface area contributed by atoms with Crippen molar-refractivity contribution in [2.75, 3.05) is 26.2 Å². The van der Waals surface area contributed by atoms with E-state index in [-0.39, 0.29) is 12.2 Å². The third-order valence-corrected chi connectivity index (χ3v) is 8.09. The lowest BCUT2D eigenvalue weighted by Gasteiger charge is -2.57. The summed E-state index contributed by atoms with van der Waals surface area (Å²) in [6.07, 6.45) is 8.75. The van der Waals surface area contributed by atoms with Crippen LogP contribution in [0.5, 0.6) is 5.75 Å². The van der Waals surface area contributed by atoms with Gasteiger partial charge in [0, 0.05) is 0 Å². The molecule has 1 saturated heterocycles. The van der Waals surface area contributed by atoms with Crippen molar-refractivity contribution in [1.82, 2.24) is 0 Å². The second kappa shape index (κ2) is 7.86. The van der Waals surface area contributed by atoms with Gasteiger partial charge in [-0.2, -0.15) is 0 Å². The van der Waals surface area contributed by atoms with Crippen LogP contribution in [0.1, 0.15) is 57.9 Å². The van der Waals surface area contributed by atoms with Gasteiger partial charge in [-0.15, -0.1) is 0 Å². The topological polar surface area (TPSA) is 43.1 Å². The number of quaternary nitrogens is 1. The zero-order valence-corrected chi connectivity index (χ0v) is 18.1. The fourth-order valence-electron chi connectivity index (χ4n) is 7.51. The van der Waals surface area contributed by atoms with E-state index in [1.54, 1.807) is 0 Å². The molecule has 0 unspecified atom stereocenters. The van der Waals surface area contributed by atoms with Crippen LogP contribution in [0.15, 0.2) is 24.3 Å². The molecular formula is C25H38NO3+. The minimum atomic E-state index is -0.440. The van der Waals surface area contributed by atoms with Gasteiger partial charge in [-0.05, 0) is 93.2 Å². The zero-order valence-electron chi connectivity index (χ0n) is 18.1. The number of hydrogen-bond acceptors (Lipinski definition) is 3. The number of rotatable bonds is 6. The standard InChI is InChI=1S/C25H37NO3/c1-17-13-26(14-18(2)29-17)15-23(27)16-28-24-5-3-22(4-6-24)25-10-19-7-20(11-25)9-21(8-19)12-25/h3-6,17-21,23,27H,7-16H2,1-2H3/p+1/t17-,18-,19?,20?,21?,23-,25?/m0/s1. The first-order valence-corrected chi connectivity index (χ1v) is 11.9. The molecule has 0 spiro atoms. The number of aliphatic hydroxyl groups is 1. The highest BCUT2D eigenvalue weighted by molar-refractivity contribution is 5.34. The van der Waals surface area contributed by atoms with Gasteiger partial charge in [-0.3, -0.25) is 0 Å². The maximum absolute atomic E-state index is 10.5. The molecule has 4 bridgehead atoms. The maximum Gasteiger partial charge on any atom is 0.137 e. The van der Waals surface area contributed by atoms with Gasteiger partial charge in [0.2, 0.25) is 0 Å². The highest BCUT2D eigenvalue weighted by atomic mass is 16.5. The van der Waals surface area contributed by atoms with Gasteiger partial charge in [0.1, 0.15) is 50.3 Å². The fraction of sp³-hybridized carbons (Fsp3) is 0.760. The van der Waals surface area contributed by atoms with Crippen LogP contribution in [0.2, 0.25) is 0 Å². The van der Waals surface area contributed by atoms with Gasteiger partial charge in [0.15, 0.2) is 0 Å². The molecule has 4 heteroatoms. The molecular weight excluding hydrogens is 362 g/mol. The van der Waals surface area contributed by atoms with Crippen molar-refractivity contribution >= 4 is 0 Å². The molecule has 1 aliphatic heterocycles. The molecule has 5 fully saturated rings. The van der Waals surface area contributed by atoms with Crippen LogP contribution >= 0.6 is 0 Å². The van der Waals surface area contributed by atoms with Crippen LogP contribution in [0.25, 0.3) is 0 Å². The monoisotopic (exact) mass is 400 g/mol. The summed E-state index contributed by atoms with van der Waals surface area (Å²) < 4.78 is 11.7. The van der Waals surface area contributed by atoms with E-state index in [0.717, 1.165) is 43.1 Å². The van der Waals surface area contributed by atoms with E-state index in [2.05, 4.69) is 38.1 Å². The molecule has 5 aliphatic rings. The van der Waals surface area contributed by atoms with Gasteiger partial charge in [0.25, 0.3) is 0 Å². The quantitative estimate of drug-likeness (QED) is 0.771. The first kappa shape index (κ1) is 19.8. The van der Waals surface area contributed by atoms with Crippen molar-refractivity contribution in [3.8, 4) is 5.75 Å². The average molecular weight is 401 g/mol. The molecule has 160 valence electrons. The van der Waals surface area contributed by atoms with Crippen molar-refractivity contribution < 1.29 is 19.5 Å². The van der Waals surface area contributed by atoms with E-state index >= 15 is 0 Å².